The number of para-hydroxylation sites is 2. The quantitative estimate of drug-likeness (QED) is 0.721. The lowest BCUT2D eigenvalue weighted by atomic mass is 9.98. The fraction of sp³-hybridized carbons (Fsp3) is 0.565. The van der Waals surface area contributed by atoms with E-state index in [1.54, 1.807) is 29.2 Å². The lowest BCUT2D eigenvalue weighted by molar-refractivity contribution is -0.140. The van der Waals surface area contributed by atoms with Crippen molar-refractivity contribution in [3.05, 3.63) is 24.3 Å². The number of carbonyl (C=O) groups excluding carboxylic acids is 4. The van der Waals surface area contributed by atoms with Crippen molar-refractivity contribution in [3.8, 4) is 5.75 Å². The Kier molecular flexibility index (Phi) is 5.27. The Morgan fingerprint density at radius 2 is 1.75 bits per heavy atom. The first-order valence-corrected chi connectivity index (χ1v) is 11.5. The molecule has 1 aliphatic carbocycles. The number of carbonyl (C=O) groups is 4. The number of fused-ring (bicyclic) bond motifs is 1. The zero-order valence-electron chi connectivity index (χ0n) is 18.0. The monoisotopic (exact) mass is 440 g/mol. The van der Waals surface area contributed by atoms with Gasteiger partial charge in [0.2, 0.25) is 5.91 Å². The number of rotatable bonds is 3. The van der Waals surface area contributed by atoms with E-state index in [1.165, 1.54) is 4.90 Å². The van der Waals surface area contributed by atoms with Gasteiger partial charge in [-0.15, -0.1) is 0 Å². The molecule has 1 aromatic rings. The first-order valence-electron chi connectivity index (χ1n) is 11.5. The molecule has 1 spiro atoms. The first kappa shape index (κ1) is 20.8. The predicted octanol–water partition coefficient (Wildman–Crippen LogP) is 1.66. The smallest absolute Gasteiger partial charge is 0.325 e. The molecule has 3 fully saturated rings. The van der Waals surface area contributed by atoms with Gasteiger partial charge in [-0.25, -0.2) is 4.79 Å². The number of urea groups is 1. The molecular formula is C23H28N4O5. The summed E-state index contributed by atoms with van der Waals surface area (Å²) in [6.45, 7) is 1.09. The van der Waals surface area contributed by atoms with E-state index in [0.29, 0.717) is 37.4 Å². The summed E-state index contributed by atoms with van der Waals surface area (Å²) in [5.41, 5.74) is -0.310. The van der Waals surface area contributed by atoms with Crippen LogP contribution in [0.2, 0.25) is 0 Å². The zero-order valence-corrected chi connectivity index (χ0v) is 18.0. The number of imide groups is 1. The number of hydrogen-bond donors (Lipinski definition) is 1. The maximum Gasteiger partial charge on any atom is 0.325 e. The minimum Gasteiger partial charge on any atom is -0.476 e. The lowest BCUT2D eigenvalue weighted by Gasteiger charge is -2.37. The van der Waals surface area contributed by atoms with E-state index in [4.69, 9.17) is 4.74 Å². The molecule has 3 heterocycles. The number of ether oxygens (including phenoxy) is 1. The molecule has 4 aliphatic rings. The van der Waals surface area contributed by atoms with Crippen molar-refractivity contribution in [1.82, 2.24) is 15.1 Å². The highest BCUT2D eigenvalue weighted by atomic mass is 16.5. The Morgan fingerprint density at radius 1 is 1.03 bits per heavy atom. The van der Waals surface area contributed by atoms with Gasteiger partial charge in [-0.3, -0.25) is 19.3 Å². The molecule has 9 nitrogen and oxygen atoms in total. The molecule has 1 aromatic carbocycles. The second-order valence-corrected chi connectivity index (χ2v) is 9.08. The van der Waals surface area contributed by atoms with Crippen LogP contribution in [0.3, 0.4) is 0 Å². The average Bonchev–Trinajstić information content (AvgIpc) is 3.38. The van der Waals surface area contributed by atoms with Crippen LogP contribution < -0.4 is 15.0 Å². The minimum absolute atomic E-state index is 0.0555. The fourth-order valence-corrected chi connectivity index (χ4v) is 5.27. The van der Waals surface area contributed by atoms with E-state index < -0.39 is 23.6 Å². The summed E-state index contributed by atoms with van der Waals surface area (Å²) in [6, 6.07) is 6.53. The van der Waals surface area contributed by atoms with Crippen LogP contribution in [0.1, 0.15) is 44.9 Å². The van der Waals surface area contributed by atoms with E-state index in [9.17, 15) is 19.2 Å². The zero-order chi connectivity index (χ0) is 22.3. The van der Waals surface area contributed by atoms with Gasteiger partial charge in [-0.05, 0) is 44.2 Å². The summed E-state index contributed by atoms with van der Waals surface area (Å²) < 4.78 is 5.97. The third kappa shape index (κ3) is 3.49. The van der Waals surface area contributed by atoms with Crippen LogP contribution in [-0.2, 0) is 14.4 Å². The molecule has 3 aliphatic heterocycles. The molecule has 1 saturated carbocycles. The van der Waals surface area contributed by atoms with Gasteiger partial charge < -0.3 is 19.9 Å². The third-order valence-corrected chi connectivity index (χ3v) is 7.01. The van der Waals surface area contributed by atoms with Gasteiger partial charge in [0.25, 0.3) is 11.8 Å². The number of anilines is 1. The van der Waals surface area contributed by atoms with Crippen LogP contribution in [0, 0.1) is 0 Å². The molecular weight excluding hydrogens is 412 g/mol. The highest BCUT2D eigenvalue weighted by molar-refractivity contribution is 6.11. The number of hydrogen-bond acceptors (Lipinski definition) is 5. The van der Waals surface area contributed by atoms with Gasteiger partial charge in [0.1, 0.15) is 17.8 Å². The van der Waals surface area contributed by atoms with Crippen molar-refractivity contribution in [2.45, 2.75) is 56.6 Å². The molecule has 0 bridgehead atoms. The minimum atomic E-state index is -0.854. The van der Waals surface area contributed by atoms with Gasteiger partial charge in [-0.2, -0.15) is 0 Å². The molecule has 32 heavy (non-hydrogen) atoms. The van der Waals surface area contributed by atoms with E-state index in [2.05, 4.69) is 5.32 Å². The van der Waals surface area contributed by atoms with E-state index in [1.807, 2.05) is 0 Å². The third-order valence-electron chi connectivity index (χ3n) is 7.01. The number of piperidine rings is 1. The standard InChI is InChI=1S/C23H28N4O5/c28-19(15-27-21(30)23(24-22(27)31)10-4-5-11-23)26-14-18(20(29)25-12-6-1-7-13-25)32-17-9-3-2-8-16(17)26/h2-3,8-9,18H,1,4-7,10-15H2,(H,24,31)/t18-/m0/s1. The molecule has 0 radical (unpaired) electrons. The van der Waals surface area contributed by atoms with Gasteiger partial charge in [0.05, 0.1) is 12.2 Å². The normalized spacial score (nSPS) is 24.4. The van der Waals surface area contributed by atoms with Crippen LogP contribution >= 0.6 is 0 Å². The second-order valence-electron chi connectivity index (χ2n) is 9.08. The molecule has 170 valence electrons. The molecule has 0 unspecified atom stereocenters. The van der Waals surface area contributed by atoms with Crippen molar-refractivity contribution in [2.24, 2.45) is 0 Å². The molecule has 5 rings (SSSR count). The number of nitrogens with zero attached hydrogens (tertiary/aromatic N) is 3. The lowest BCUT2D eigenvalue weighted by Crippen LogP contribution is -2.54. The number of benzene rings is 1. The van der Waals surface area contributed by atoms with Gasteiger partial charge in [0.15, 0.2) is 6.10 Å². The second kappa shape index (κ2) is 8.11. The summed E-state index contributed by atoms with van der Waals surface area (Å²) in [4.78, 5) is 56.2. The highest BCUT2D eigenvalue weighted by Crippen LogP contribution is 2.36. The van der Waals surface area contributed by atoms with Crippen molar-refractivity contribution in [1.29, 1.82) is 0 Å². The van der Waals surface area contributed by atoms with Crippen LogP contribution in [0.4, 0.5) is 10.5 Å². The molecule has 1 atom stereocenters. The van der Waals surface area contributed by atoms with Crippen LogP contribution in [0.15, 0.2) is 24.3 Å². The van der Waals surface area contributed by atoms with Crippen LogP contribution in [0.5, 0.6) is 5.75 Å². The van der Waals surface area contributed by atoms with Gasteiger partial charge in [0, 0.05) is 13.1 Å². The fourth-order valence-electron chi connectivity index (χ4n) is 5.27. The molecule has 5 amide bonds. The summed E-state index contributed by atoms with van der Waals surface area (Å²) in [5.74, 6) is -0.407. The van der Waals surface area contributed by atoms with Crippen molar-refractivity contribution < 1.29 is 23.9 Å². The van der Waals surface area contributed by atoms with Crippen LogP contribution in [0.25, 0.3) is 0 Å². The van der Waals surface area contributed by atoms with Crippen molar-refractivity contribution in [3.63, 3.8) is 0 Å². The van der Waals surface area contributed by atoms with Gasteiger partial charge >= 0.3 is 6.03 Å². The Morgan fingerprint density at radius 3 is 2.50 bits per heavy atom. The number of amides is 5. The Labute approximate surface area is 186 Å². The van der Waals surface area contributed by atoms with Crippen molar-refractivity contribution in [2.75, 3.05) is 31.1 Å². The van der Waals surface area contributed by atoms with Crippen LogP contribution in [-0.4, -0.2) is 71.4 Å². The summed E-state index contributed by atoms with van der Waals surface area (Å²) >= 11 is 0. The number of nitrogens with one attached hydrogen (secondary N) is 1. The predicted molar refractivity (Wildman–Crippen MR) is 115 cm³/mol. The SMILES string of the molecule is O=C([C@@H]1CN(C(=O)CN2C(=O)NC3(CCCC3)C2=O)c2ccccc2O1)N1CCCCC1. The maximum atomic E-state index is 13.3. The molecule has 9 heteroatoms. The van der Waals surface area contributed by atoms with E-state index in [0.717, 1.165) is 37.0 Å². The molecule has 2 saturated heterocycles. The summed E-state index contributed by atoms with van der Waals surface area (Å²) in [5, 5.41) is 2.81. The Balaban J connectivity index is 1.35. The van der Waals surface area contributed by atoms with E-state index >= 15 is 0 Å². The molecule has 1 N–H and O–H groups in total. The first-order chi connectivity index (χ1) is 15.5. The maximum absolute atomic E-state index is 13.3. The van der Waals surface area contributed by atoms with Crippen molar-refractivity contribution >= 4 is 29.4 Å². The topological polar surface area (TPSA) is 99.3 Å². The largest absolute Gasteiger partial charge is 0.476 e. The van der Waals surface area contributed by atoms with Gasteiger partial charge in [-0.1, -0.05) is 25.0 Å². The van der Waals surface area contributed by atoms with E-state index in [-0.39, 0.29) is 24.9 Å². The summed E-state index contributed by atoms with van der Waals surface area (Å²) in [6.07, 6.45) is 5.20. The molecule has 0 aromatic heterocycles. The Bertz CT molecular complexity index is 951. The average molecular weight is 441 g/mol. The summed E-state index contributed by atoms with van der Waals surface area (Å²) in [7, 11) is 0. The highest BCUT2D eigenvalue weighted by Gasteiger charge is 2.53. The number of likely N-dealkylation sites (tertiary alicyclic amines) is 1. The Hall–Kier alpha value is -3.10.